The Bertz CT molecular complexity index is 1290. The summed E-state index contributed by atoms with van der Waals surface area (Å²) in [5, 5.41) is 12.4. The molecule has 10 heteroatoms. The van der Waals surface area contributed by atoms with Crippen LogP contribution in [0.1, 0.15) is 12.7 Å². The summed E-state index contributed by atoms with van der Waals surface area (Å²) in [5.74, 6) is 3.17. The molecule has 1 amide bonds. The molecule has 0 unspecified atom stereocenters. The molecule has 0 fully saturated rings. The van der Waals surface area contributed by atoms with Gasteiger partial charge in [-0.2, -0.15) is 0 Å². The molecular weight excluding hydrogens is 476 g/mol. The first-order valence-corrected chi connectivity index (χ1v) is 11.9. The minimum absolute atomic E-state index is 0.130. The van der Waals surface area contributed by atoms with E-state index in [2.05, 4.69) is 15.5 Å². The number of thioether (sulfide) groups is 1. The number of ether oxygens (including phenoxy) is 2. The lowest BCUT2D eigenvalue weighted by Crippen LogP contribution is -2.15. The van der Waals surface area contributed by atoms with Crippen LogP contribution in [-0.4, -0.2) is 33.0 Å². The second-order valence-electron chi connectivity index (χ2n) is 7.24. The Morgan fingerprint density at radius 1 is 1.15 bits per heavy atom. The number of carbonyl (C=O) groups excluding carboxylic acids is 1. The highest BCUT2D eigenvalue weighted by molar-refractivity contribution is 7.99. The number of nitrogens with zero attached hydrogens (tertiary/aromatic N) is 3. The number of amides is 1. The average Bonchev–Trinajstić information content (AvgIpc) is 3.40. The maximum atomic E-state index is 12.7. The molecule has 4 aromatic rings. The predicted molar refractivity (Wildman–Crippen MR) is 132 cm³/mol. The van der Waals surface area contributed by atoms with E-state index >= 15 is 0 Å². The molecule has 4 rings (SSSR count). The van der Waals surface area contributed by atoms with E-state index in [0.717, 1.165) is 17.1 Å². The van der Waals surface area contributed by atoms with Crippen molar-refractivity contribution in [1.82, 2.24) is 14.8 Å². The summed E-state index contributed by atoms with van der Waals surface area (Å²) in [6.07, 6.45) is 1.61. The van der Waals surface area contributed by atoms with Crippen LogP contribution < -0.4 is 14.8 Å². The highest BCUT2D eigenvalue weighted by Gasteiger charge is 2.17. The lowest BCUT2D eigenvalue weighted by atomic mass is 10.2. The van der Waals surface area contributed by atoms with Crippen LogP contribution >= 0.6 is 23.4 Å². The number of rotatable bonds is 9. The Morgan fingerprint density at radius 2 is 1.91 bits per heavy atom. The molecule has 34 heavy (non-hydrogen) atoms. The van der Waals surface area contributed by atoms with E-state index in [1.807, 2.05) is 43.7 Å². The zero-order valence-corrected chi connectivity index (χ0v) is 20.4. The van der Waals surface area contributed by atoms with Gasteiger partial charge in [0, 0.05) is 12.1 Å². The molecular formula is C24H23ClN4O4S. The Hall–Kier alpha value is -3.43. The van der Waals surface area contributed by atoms with Crippen LogP contribution in [0.15, 0.2) is 64.4 Å². The van der Waals surface area contributed by atoms with E-state index in [1.54, 1.807) is 36.6 Å². The molecule has 2 heterocycles. The third-order valence-electron chi connectivity index (χ3n) is 4.85. The molecule has 0 aliphatic rings. The van der Waals surface area contributed by atoms with E-state index in [9.17, 15) is 4.79 Å². The van der Waals surface area contributed by atoms with E-state index < -0.39 is 0 Å². The molecule has 0 bridgehead atoms. The van der Waals surface area contributed by atoms with E-state index in [0.29, 0.717) is 39.8 Å². The zero-order valence-electron chi connectivity index (χ0n) is 18.9. The minimum atomic E-state index is -0.229. The highest BCUT2D eigenvalue weighted by atomic mass is 35.5. The largest absolute Gasteiger partial charge is 0.494 e. The molecule has 2 aromatic heterocycles. The van der Waals surface area contributed by atoms with E-state index in [-0.39, 0.29) is 11.7 Å². The number of benzene rings is 2. The number of aryl methyl sites for hydroxylation is 1. The molecule has 1 N–H and O–H groups in total. The van der Waals surface area contributed by atoms with Crippen molar-refractivity contribution in [1.29, 1.82) is 0 Å². The Kier molecular flexibility index (Phi) is 7.44. The average molecular weight is 499 g/mol. The third kappa shape index (κ3) is 5.55. The van der Waals surface area contributed by atoms with Gasteiger partial charge in [-0.25, -0.2) is 0 Å². The first kappa shape index (κ1) is 23.7. The predicted octanol–water partition coefficient (Wildman–Crippen LogP) is 5.96. The Balaban J connectivity index is 1.42. The number of aromatic nitrogens is 3. The Labute approximate surface area is 206 Å². The SMILES string of the molecule is CCOc1ccc(Oc2ccc(Cl)cc2NC(=O)CSc2nnc(-c3ccoc3C)n2C)cc1. The minimum Gasteiger partial charge on any atom is -0.494 e. The van der Waals surface area contributed by atoms with Crippen molar-refractivity contribution in [3.8, 4) is 28.6 Å². The van der Waals surface area contributed by atoms with Crippen molar-refractivity contribution in [2.75, 3.05) is 17.7 Å². The van der Waals surface area contributed by atoms with Gasteiger partial charge in [-0.05, 0) is 62.4 Å². The number of furan rings is 1. The van der Waals surface area contributed by atoms with Crippen molar-refractivity contribution in [2.45, 2.75) is 19.0 Å². The number of anilines is 1. The van der Waals surface area contributed by atoms with Crippen molar-refractivity contribution in [3.05, 3.63) is 65.6 Å². The zero-order chi connectivity index (χ0) is 24.1. The molecule has 176 valence electrons. The number of nitrogens with one attached hydrogen (secondary N) is 1. The van der Waals surface area contributed by atoms with Gasteiger partial charge in [0.2, 0.25) is 5.91 Å². The summed E-state index contributed by atoms with van der Waals surface area (Å²) in [5.41, 5.74) is 1.33. The molecule has 0 aliphatic heterocycles. The molecule has 2 aromatic carbocycles. The smallest absolute Gasteiger partial charge is 0.234 e. The first-order chi connectivity index (χ1) is 16.4. The summed E-state index contributed by atoms with van der Waals surface area (Å²) < 4.78 is 18.6. The fourth-order valence-corrected chi connectivity index (χ4v) is 4.08. The van der Waals surface area contributed by atoms with Gasteiger partial charge in [0.25, 0.3) is 0 Å². The number of hydrogen-bond acceptors (Lipinski definition) is 7. The number of hydrogen-bond donors (Lipinski definition) is 1. The molecule has 0 radical (unpaired) electrons. The van der Waals surface area contributed by atoms with Crippen molar-refractivity contribution in [2.24, 2.45) is 7.05 Å². The molecule has 0 atom stereocenters. The second kappa shape index (κ2) is 10.7. The maximum Gasteiger partial charge on any atom is 0.234 e. The Morgan fingerprint density at radius 3 is 2.62 bits per heavy atom. The summed E-state index contributed by atoms with van der Waals surface area (Å²) in [6.45, 7) is 4.38. The summed E-state index contributed by atoms with van der Waals surface area (Å²) in [4.78, 5) is 12.7. The fraction of sp³-hybridized carbons (Fsp3) is 0.208. The van der Waals surface area contributed by atoms with Crippen molar-refractivity contribution >= 4 is 35.0 Å². The summed E-state index contributed by atoms with van der Waals surface area (Å²) in [6, 6.07) is 14.1. The quantitative estimate of drug-likeness (QED) is 0.285. The van der Waals surface area contributed by atoms with Gasteiger partial charge in [-0.15, -0.1) is 10.2 Å². The third-order valence-corrected chi connectivity index (χ3v) is 6.10. The van der Waals surface area contributed by atoms with Crippen LogP contribution in [0.5, 0.6) is 17.2 Å². The molecule has 0 saturated heterocycles. The molecule has 0 saturated carbocycles. The van der Waals surface area contributed by atoms with Gasteiger partial charge in [-0.3, -0.25) is 4.79 Å². The standard InChI is InChI=1S/C24H23ClN4O4S/c1-4-31-17-6-8-18(9-7-17)33-21-10-5-16(25)13-20(21)26-22(30)14-34-24-28-27-23(29(24)3)19-11-12-32-15(19)2/h5-13H,4,14H2,1-3H3,(H,26,30). The monoisotopic (exact) mass is 498 g/mol. The summed E-state index contributed by atoms with van der Waals surface area (Å²) in [7, 11) is 1.85. The number of carbonyl (C=O) groups is 1. The maximum absolute atomic E-state index is 12.7. The van der Waals surface area contributed by atoms with Crippen molar-refractivity contribution in [3.63, 3.8) is 0 Å². The van der Waals surface area contributed by atoms with Gasteiger partial charge >= 0.3 is 0 Å². The van der Waals surface area contributed by atoms with Crippen LogP contribution in [0.4, 0.5) is 5.69 Å². The molecule has 0 aliphatic carbocycles. The lowest BCUT2D eigenvalue weighted by Gasteiger charge is -2.13. The topological polar surface area (TPSA) is 91.4 Å². The van der Waals surface area contributed by atoms with Crippen molar-refractivity contribution < 1.29 is 18.7 Å². The van der Waals surface area contributed by atoms with Crippen LogP contribution in [0.3, 0.4) is 0 Å². The lowest BCUT2D eigenvalue weighted by molar-refractivity contribution is -0.113. The van der Waals surface area contributed by atoms with Crippen LogP contribution in [0.2, 0.25) is 5.02 Å². The normalized spacial score (nSPS) is 10.8. The number of halogens is 1. The van der Waals surface area contributed by atoms with Gasteiger partial charge in [0.05, 0.1) is 29.9 Å². The van der Waals surface area contributed by atoms with Gasteiger partial charge in [0.15, 0.2) is 16.7 Å². The van der Waals surface area contributed by atoms with Gasteiger partial charge in [-0.1, -0.05) is 23.4 Å². The fourth-order valence-electron chi connectivity index (χ4n) is 3.19. The van der Waals surface area contributed by atoms with Gasteiger partial charge in [0.1, 0.15) is 17.3 Å². The molecule has 8 nitrogen and oxygen atoms in total. The highest BCUT2D eigenvalue weighted by Crippen LogP contribution is 2.33. The van der Waals surface area contributed by atoms with E-state index in [4.69, 9.17) is 25.5 Å². The summed E-state index contributed by atoms with van der Waals surface area (Å²) >= 11 is 7.44. The van der Waals surface area contributed by atoms with Crippen LogP contribution in [0.25, 0.3) is 11.4 Å². The first-order valence-electron chi connectivity index (χ1n) is 10.5. The van der Waals surface area contributed by atoms with Crippen LogP contribution in [-0.2, 0) is 11.8 Å². The van der Waals surface area contributed by atoms with Crippen LogP contribution in [0, 0.1) is 6.92 Å². The molecule has 0 spiro atoms. The van der Waals surface area contributed by atoms with E-state index in [1.165, 1.54) is 11.8 Å². The second-order valence-corrected chi connectivity index (χ2v) is 8.62. The van der Waals surface area contributed by atoms with Gasteiger partial charge < -0.3 is 23.8 Å².